The summed E-state index contributed by atoms with van der Waals surface area (Å²) in [6.45, 7) is 0. The molecule has 1 heterocycles. The maximum atomic E-state index is 12.4. The van der Waals surface area contributed by atoms with Crippen LogP contribution >= 0.6 is 46.6 Å². The molecule has 0 unspecified atom stereocenters. The minimum absolute atomic E-state index is 0.101. The Morgan fingerprint density at radius 1 is 1.08 bits per heavy atom. The summed E-state index contributed by atoms with van der Waals surface area (Å²) >= 11 is 19.7. The molecule has 26 heavy (non-hydrogen) atoms. The Morgan fingerprint density at radius 2 is 1.81 bits per heavy atom. The lowest BCUT2D eigenvalue weighted by atomic mass is 9.95. The number of pyridine rings is 1. The summed E-state index contributed by atoms with van der Waals surface area (Å²) < 4.78 is 0. The van der Waals surface area contributed by atoms with Gasteiger partial charge < -0.3 is 5.32 Å². The zero-order valence-electron chi connectivity index (χ0n) is 14.1. The Balaban J connectivity index is 1.63. The fraction of sp³-hybridized carbons (Fsp3) is 0.368. The lowest BCUT2D eigenvalue weighted by molar-refractivity contribution is 0.0922. The van der Waals surface area contributed by atoms with Crippen molar-refractivity contribution in [3.05, 3.63) is 56.8 Å². The Kier molecular flexibility index (Phi) is 7.10. The summed E-state index contributed by atoms with van der Waals surface area (Å²) in [7, 11) is 0. The minimum atomic E-state index is -0.101. The van der Waals surface area contributed by atoms with E-state index in [1.807, 2.05) is 12.1 Å². The molecular weight excluding hydrogens is 411 g/mol. The van der Waals surface area contributed by atoms with Crippen molar-refractivity contribution in [1.29, 1.82) is 0 Å². The molecule has 1 aromatic heterocycles. The van der Waals surface area contributed by atoms with Crippen molar-refractivity contribution in [3.63, 3.8) is 0 Å². The van der Waals surface area contributed by atoms with Crippen LogP contribution in [-0.4, -0.2) is 16.9 Å². The van der Waals surface area contributed by atoms with Gasteiger partial charge in [0.15, 0.2) is 0 Å². The molecule has 1 aromatic carbocycles. The number of thioether (sulfide) groups is 1. The van der Waals surface area contributed by atoms with Crippen LogP contribution in [0.15, 0.2) is 35.2 Å². The molecule has 2 aromatic rings. The normalized spacial score (nSPS) is 15.0. The third-order valence-electron chi connectivity index (χ3n) is 4.33. The van der Waals surface area contributed by atoms with Crippen molar-refractivity contribution in [2.45, 2.75) is 48.8 Å². The molecule has 1 saturated carbocycles. The highest BCUT2D eigenvalue weighted by Crippen LogP contribution is 2.35. The number of hydrogen-bond acceptors (Lipinski definition) is 3. The first-order valence-corrected chi connectivity index (χ1v) is 10.7. The minimum Gasteiger partial charge on any atom is -0.348 e. The van der Waals surface area contributed by atoms with E-state index in [2.05, 4.69) is 10.3 Å². The van der Waals surface area contributed by atoms with Crippen LogP contribution in [0.2, 0.25) is 15.1 Å². The number of carbonyl (C=O) groups is 1. The molecular formula is C19H19Cl3N2OS. The summed E-state index contributed by atoms with van der Waals surface area (Å²) in [5.41, 5.74) is 1.27. The van der Waals surface area contributed by atoms with Crippen molar-refractivity contribution in [3.8, 4) is 0 Å². The topological polar surface area (TPSA) is 42.0 Å². The molecule has 138 valence electrons. The van der Waals surface area contributed by atoms with Crippen LogP contribution in [-0.2, 0) is 5.75 Å². The van der Waals surface area contributed by atoms with Crippen molar-refractivity contribution in [2.75, 3.05) is 0 Å². The summed E-state index contributed by atoms with van der Waals surface area (Å²) in [4.78, 5) is 17.8. The quantitative estimate of drug-likeness (QED) is 0.442. The molecule has 1 N–H and O–H groups in total. The number of nitrogens with one attached hydrogen (secondary N) is 1. The first kappa shape index (κ1) is 19.8. The number of hydrogen-bond donors (Lipinski definition) is 1. The van der Waals surface area contributed by atoms with Crippen LogP contribution in [0.4, 0.5) is 0 Å². The predicted molar refractivity (Wildman–Crippen MR) is 110 cm³/mol. The number of aromatic nitrogens is 1. The molecule has 0 aliphatic heterocycles. The fourth-order valence-corrected chi connectivity index (χ4v) is 4.60. The van der Waals surface area contributed by atoms with Crippen molar-refractivity contribution in [2.24, 2.45) is 0 Å². The molecule has 0 radical (unpaired) electrons. The molecule has 1 amide bonds. The molecule has 0 saturated heterocycles. The second-order valence-electron chi connectivity index (χ2n) is 6.31. The van der Waals surface area contributed by atoms with Gasteiger partial charge in [0.1, 0.15) is 5.69 Å². The van der Waals surface area contributed by atoms with Gasteiger partial charge in [-0.15, -0.1) is 11.8 Å². The van der Waals surface area contributed by atoms with Crippen molar-refractivity contribution < 1.29 is 4.79 Å². The second kappa shape index (κ2) is 9.32. The van der Waals surface area contributed by atoms with E-state index in [1.165, 1.54) is 31.0 Å². The number of carbonyl (C=O) groups excluding carboxylic acids is 1. The number of benzene rings is 1. The van der Waals surface area contributed by atoms with Gasteiger partial charge in [-0.05, 0) is 37.1 Å². The summed E-state index contributed by atoms with van der Waals surface area (Å²) in [6, 6.07) is 9.15. The smallest absolute Gasteiger partial charge is 0.270 e. The molecule has 0 bridgehead atoms. The van der Waals surface area contributed by atoms with E-state index in [1.54, 1.807) is 18.2 Å². The Labute approximate surface area is 172 Å². The maximum absolute atomic E-state index is 12.4. The van der Waals surface area contributed by atoms with E-state index < -0.39 is 0 Å². The van der Waals surface area contributed by atoms with E-state index in [0.717, 1.165) is 23.4 Å². The molecule has 1 aliphatic rings. The zero-order valence-corrected chi connectivity index (χ0v) is 17.2. The predicted octanol–water partition coefficient (Wildman–Crippen LogP) is 6.40. The zero-order chi connectivity index (χ0) is 18.5. The number of nitrogens with zero attached hydrogens (tertiary/aromatic N) is 1. The lowest BCUT2D eigenvalue weighted by Gasteiger charge is -2.22. The molecule has 0 spiro atoms. The fourth-order valence-electron chi connectivity index (χ4n) is 2.96. The third kappa shape index (κ3) is 5.29. The molecule has 7 heteroatoms. The average Bonchev–Trinajstić information content (AvgIpc) is 2.64. The second-order valence-corrected chi connectivity index (χ2v) is 8.55. The van der Waals surface area contributed by atoms with Gasteiger partial charge in [-0.3, -0.25) is 4.79 Å². The average molecular weight is 430 g/mol. The highest BCUT2D eigenvalue weighted by molar-refractivity contribution is 7.98. The van der Waals surface area contributed by atoms with E-state index in [-0.39, 0.29) is 11.9 Å². The molecule has 1 fully saturated rings. The van der Waals surface area contributed by atoms with Gasteiger partial charge in [0.05, 0.1) is 20.8 Å². The van der Waals surface area contributed by atoms with Crippen LogP contribution in [0.25, 0.3) is 0 Å². The van der Waals surface area contributed by atoms with E-state index in [9.17, 15) is 4.79 Å². The van der Waals surface area contributed by atoms with E-state index >= 15 is 0 Å². The Hall–Kier alpha value is -0.940. The van der Waals surface area contributed by atoms with Crippen LogP contribution in [0.1, 0.15) is 48.3 Å². The lowest BCUT2D eigenvalue weighted by Crippen LogP contribution is -2.36. The maximum Gasteiger partial charge on any atom is 0.270 e. The number of rotatable bonds is 5. The van der Waals surface area contributed by atoms with Gasteiger partial charge in [0.2, 0.25) is 0 Å². The summed E-state index contributed by atoms with van der Waals surface area (Å²) in [5, 5.41) is 4.54. The number of amides is 1. The van der Waals surface area contributed by atoms with Crippen LogP contribution in [0, 0.1) is 0 Å². The van der Waals surface area contributed by atoms with E-state index in [0.29, 0.717) is 26.5 Å². The molecule has 0 atom stereocenters. The SMILES string of the molecule is O=C(NC1CCCCC1)c1cccc(CSc2cc(Cl)c(Cl)cc2Cl)n1. The Morgan fingerprint density at radius 3 is 2.58 bits per heavy atom. The monoisotopic (exact) mass is 428 g/mol. The number of halogens is 3. The van der Waals surface area contributed by atoms with Crippen molar-refractivity contribution in [1.82, 2.24) is 10.3 Å². The van der Waals surface area contributed by atoms with Crippen LogP contribution < -0.4 is 5.32 Å². The summed E-state index contributed by atoms with van der Waals surface area (Å²) in [5.74, 6) is 0.485. The first-order valence-electron chi connectivity index (χ1n) is 8.57. The molecule has 3 nitrogen and oxygen atoms in total. The standard InChI is InChI=1S/C19H19Cl3N2OS/c20-14-9-16(22)18(10-15(14)21)26-11-13-7-4-8-17(23-13)19(25)24-12-5-2-1-3-6-12/h4,7-10,12H,1-3,5-6,11H2,(H,24,25). The van der Waals surface area contributed by atoms with Gasteiger partial charge in [0, 0.05) is 16.7 Å². The van der Waals surface area contributed by atoms with Gasteiger partial charge in [-0.25, -0.2) is 4.98 Å². The van der Waals surface area contributed by atoms with Gasteiger partial charge in [-0.1, -0.05) is 60.1 Å². The van der Waals surface area contributed by atoms with Crippen LogP contribution in [0.3, 0.4) is 0 Å². The third-order valence-corrected chi connectivity index (χ3v) is 6.57. The van der Waals surface area contributed by atoms with Gasteiger partial charge >= 0.3 is 0 Å². The van der Waals surface area contributed by atoms with Gasteiger partial charge in [-0.2, -0.15) is 0 Å². The highest BCUT2D eigenvalue weighted by Gasteiger charge is 2.17. The summed E-state index contributed by atoms with van der Waals surface area (Å²) in [6.07, 6.45) is 5.72. The van der Waals surface area contributed by atoms with E-state index in [4.69, 9.17) is 34.8 Å². The van der Waals surface area contributed by atoms with Gasteiger partial charge in [0.25, 0.3) is 5.91 Å². The highest BCUT2D eigenvalue weighted by atomic mass is 35.5. The largest absolute Gasteiger partial charge is 0.348 e. The van der Waals surface area contributed by atoms with Crippen LogP contribution in [0.5, 0.6) is 0 Å². The van der Waals surface area contributed by atoms with Crippen molar-refractivity contribution >= 4 is 52.5 Å². The first-order chi connectivity index (χ1) is 12.5. The molecule has 3 rings (SSSR count). The molecule has 1 aliphatic carbocycles. The Bertz CT molecular complexity index is 794.